The van der Waals surface area contributed by atoms with Crippen molar-refractivity contribution in [2.45, 2.75) is 111 Å². The first-order valence-corrected chi connectivity index (χ1v) is 32.8. The number of hydrogen-bond donors (Lipinski definition) is 14. The van der Waals surface area contributed by atoms with Gasteiger partial charge in [0.15, 0.2) is 0 Å². The van der Waals surface area contributed by atoms with Gasteiger partial charge in [-0.3, -0.25) is 38.4 Å². The van der Waals surface area contributed by atoms with Gasteiger partial charge >= 0.3 is 0 Å². The Hall–Kier alpha value is -8.09. The molecule has 90 heavy (non-hydrogen) atoms. The van der Waals surface area contributed by atoms with Crippen molar-refractivity contribution in [2.24, 2.45) is 11.5 Å². The fraction of sp³-hybridized carbons (Fsp3) is 0.361. The lowest BCUT2D eigenvalue weighted by Gasteiger charge is -2.28. The van der Waals surface area contributed by atoms with Crippen molar-refractivity contribution in [2.75, 3.05) is 32.1 Å². The van der Waals surface area contributed by atoms with E-state index in [0.717, 1.165) is 21.6 Å². The molecule has 0 aliphatic heterocycles. The maximum atomic E-state index is 15.1. The quantitative estimate of drug-likeness (QED) is 0.0148. The molecule has 0 heterocycles. The van der Waals surface area contributed by atoms with Gasteiger partial charge in [0.05, 0.1) is 17.0 Å². The van der Waals surface area contributed by atoms with E-state index in [0.29, 0.717) is 52.9 Å². The number of rotatable bonds is 38. The maximum Gasteiger partial charge on any atom is 0.248 e. The highest BCUT2D eigenvalue weighted by molar-refractivity contribution is 8.76. The minimum absolute atomic E-state index is 0.00551. The number of halogens is 1. The minimum atomic E-state index is -4.41. The number of likely N-dealkylation sites (N-methyl/N-ethyl adjacent to an activating group) is 1. The van der Waals surface area contributed by atoms with Crippen molar-refractivity contribution in [3.63, 3.8) is 0 Å². The molecule has 29 heteroatoms. The van der Waals surface area contributed by atoms with Crippen LogP contribution in [0.15, 0.2) is 132 Å². The summed E-state index contributed by atoms with van der Waals surface area (Å²) in [5.41, 5.74) is 13.2. The summed E-state index contributed by atoms with van der Waals surface area (Å²) >= 11 is 6.18. The lowest BCUT2D eigenvalue weighted by Crippen LogP contribution is -2.60. The molecule has 0 fully saturated rings. The largest absolute Gasteiger partial charge is 0.508 e. The van der Waals surface area contributed by atoms with Crippen LogP contribution in [0, 0.1) is 0 Å². The molecule has 9 atom stereocenters. The Morgan fingerprint density at radius 2 is 0.944 bits per heavy atom. The number of carbonyl (C=O) groups is 9. The molecule has 5 rings (SSSR count). The predicted molar refractivity (Wildman–Crippen MR) is 342 cm³/mol. The Labute approximate surface area is 534 Å². The molecule has 0 aromatic heterocycles. The normalized spacial score (nSPS) is 14.3. The number of aromatic hydroxyl groups is 2. The summed E-state index contributed by atoms with van der Waals surface area (Å²) in [6.07, 6.45) is -0.761. The molecule has 8 amide bonds. The van der Waals surface area contributed by atoms with Gasteiger partial charge in [0, 0.05) is 41.4 Å². The van der Waals surface area contributed by atoms with Gasteiger partial charge in [-0.05, 0) is 136 Å². The number of hydrogen-bond acceptors (Lipinski definition) is 18. The number of amides is 8. The third kappa shape index (κ3) is 24.0. The van der Waals surface area contributed by atoms with Gasteiger partial charge in [-0.15, -0.1) is 0 Å². The number of phenolic OH excluding ortho intramolecular Hbond substituents is 2. The summed E-state index contributed by atoms with van der Waals surface area (Å²) in [6, 6.07) is 19.8. The second kappa shape index (κ2) is 36.5. The number of carbonyl (C=O) groups excluding carboxylic acids is 9. The molecule has 0 saturated carbocycles. The average molecular weight is 1320 g/mol. The monoisotopic (exact) mass is 1320 g/mol. The van der Waals surface area contributed by atoms with Crippen LogP contribution in [0.5, 0.6) is 11.5 Å². The van der Waals surface area contributed by atoms with Crippen LogP contribution < -0.4 is 58.7 Å². The van der Waals surface area contributed by atoms with E-state index in [1.807, 2.05) is 0 Å². The lowest BCUT2D eigenvalue weighted by molar-refractivity contribution is -0.135. The molecule has 0 bridgehead atoms. The lowest BCUT2D eigenvalue weighted by atomic mass is 10.00. The van der Waals surface area contributed by atoms with Crippen LogP contribution in [0.2, 0.25) is 5.02 Å². The highest BCUT2D eigenvalue weighted by Gasteiger charge is 2.35. The van der Waals surface area contributed by atoms with Crippen LogP contribution in [-0.2, 0) is 74.1 Å². The number of unbranched alkanes of at least 4 members (excludes halogenated alkanes) is 1. The van der Waals surface area contributed by atoms with Crippen LogP contribution in [0.4, 0.5) is 0 Å². The molecule has 484 valence electrons. The first kappa shape index (κ1) is 72.7. The Morgan fingerprint density at radius 1 is 0.533 bits per heavy atom. The number of phenols is 2. The molecule has 2 unspecified atom stereocenters. The highest BCUT2D eigenvalue weighted by Crippen LogP contribution is 2.24. The third-order valence-corrected chi connectivity index (χ3v) is 18.2. The molecule has 16 N–H and O–H groups in total. The van der Waals surface area contributed by atoms with Gasteiger partial charge in [0.1, 0.15) is 60.1 Å². The molecule has 5 aromatic carbocycles. The molecular weight excluding hydrogens is 1240 g/mol. The van der Waals surface area contributed by atoms with Crippen LogP contribution in [0.25, 0.3) is 0 Å². The van der Waals surface area contributed by atoms with E-state index in [9.17, 15) is 57.3 Å². The summed E-state index contributed by atoms with van der Waals surface area (Å²) < 4.78 is 30.3. The fourth-order valence-corrected chi connectivity index (χ4v) is 12.6. The Bertz CT molecular complexity index is 3320. The Balaban J connectivity index is 1.51. The second-order valence-electron chi connectivity index (χ2n) is 21.0. The van der Waals surface area contributed by atoms with E-state index < -0.39 is 112 Å². The molecule has 0 aliphatic carbocycles. The number of sulfonamides is 1. The van der Waals surface area contributed by atoms with Gasteiger partial charge in [0.2, 0.25) is 57.3 Å². The predicted octanol–water partition coefficient (Wildman–Crippen LogP) is 0.801. The maximum absolute atomic E-state index is 15.1. The van der Waals surface area contributed by atoms with Crippen molar-refractivity contribution >= 4 is 96.8 Å². The number of nitrogens with one attached hydrogen (secondary N) is 9. The van der Waals surface area contributed by atoms with Gasteiger partial charge in [-0.2, -0.15) is 4.72 Å². The van der Waals surface area contributed by atoms with E-state index >= 15 is 9.59 Å². The molecule has 0 saturated heterocycles. The van der Waals surface area contributed by atoms with E-state index in [2.05, 4.69) is 47.3 Å². The van der Waals surface area contributed by atoms with E-state index in [1.54, 1.807) is 49.5 Å². The van der Waals surface area contributed by atoms with Crippen molar-refractivity contribution < 1.29 is 66.9 Å². The Morgan fingerprint density at radius 3 is 1.42 bits per heavy atom. The summed E-state index contributed by atoms with van der Waals surface area (Å²) in [5.74, 6) is -7.28. The number of nitrogens with two attached hydrogens (primary N) is 2. The standard InChI is InChI=1S/C61H76ClN11O14S3/c1-36(75)51(33-74)71-56(80)46(11-7-8-28-65-2)67-57(81)48(30-37-12-20-41(21-13-37)54(63)78)69-58(82)49(31-40-18-26-44(77)27-19-40)70-61(85)53(35-89-88-34-52(66-3)60(84)68-47(55(64)79)29-39-16-24-43(76)25-17-39)72-59(83)50(32-38-14-22-42(62)23-15-38)73-90(86,87)45-9-5-4-6-10-45/h4-6,9-10,12-27,33,36,46-53,65-66,73,75-77H,7-8,11,28-32,34-35H2,1-3H3,(H2,63,78)(H2,64,79)(H,67,81)(H,68,84)(H,69,82)(H,70,85)(H,71,80)(H,72,83)/t36?,46-,47+,48+,49-,50-,51?,52-,53+/m0/s1. The topological polar surface area (TPSA) is 409 Å². The van der Waals surface area contributed by atoms with Crippen LogP contribution >= 0.6 is 33.2 Å². The summed E-state index contributed by atoms with van der Waals surface area (Å²) in [5, 5.41) is 52.3. The van der Waals surface area contributed by atoms with Crippen molar-refractivity contribution in [1.82, 2.24) is 47.3 Å². The summed E-state index contributed by atoms with van der Waals surface area (Å²) in [4.78, 5) is 123. The molecule has 0 spiro atoms. The number of aliphatic hydroxyl groups is 1. The Kier molecular flexibility index (Phi) is 29.5. The molecule has 0 aliphatic rings. The van der Waals surface area contributed by atoms with Crippen LogP contribution in [0.3, 0.4) is 0 Å². The van der Waals surface area contributed by atoms with E-state index in [-0.39, 0.29) is 65.6 Å². The number of primary amides is 2. The van der Waals surface area contributed by atoms with Crippen LogP contribution in [0.1, 0.15) is 58.8 Å². The summed E-state index contributed by atoms with van der Waals surface area (Å²) in [6.45, 7) is 1.85. The number of aldehydes is 1. The zero-order valence-electron chi connectivity index (χ0n) is 49.6. The zero-order chi connectivity index (χ0) is 65.9. The fourth-order valence-electron chi connectivity index (χ4n) is 8.84. The van der Waals surface area contributed by atoms with Gasteiger partial charge in [0.25, 0.3) is 0 Å². The molecule has 0 radical (unpaired) electrons. The molecular formula is C61H76ClN11O14S3. The molecule has 5 aromatic rings. The second-order valence-corrected chi connectivity index (χ2v) is 25.7. The summed E-state index contributed by atoms with van der Waals surface area (Å²) in [7, 11) is 0.897. The van der Waals surface area contributed by atoms with E-state index in [4.69, 9.17) is 23.1 Å². The van der Waals surface area contributed by atoms with Crippen LogP contribution in [-0.4, -0.2) is 164 Å². The first-order valence-electron chi connectivity index (χ1n) is 28.5. The first-order chi connectivity index (χ1) is 42.9. The SMILES string of the molecule is CNCCCC[C@H](NC(=O)[C@@H](Cc1ccc(C(N)=O)cc1)NC(=O)[C@H](Cc1ccc(O)cc1)NC(=O)[C@@H](CSSC[C@H](NC)C(=O)N[C@H](Cc1ccc(O)cc1)C(N)=O)NC(=O)[C@H](Cc1ccc(Cl)cc1)NS(=O)(=O)c1ccccc1)C(=O)NC(C=O)C(C)O. The third-order valence-electron chi connectivity index (χ3n) is 14.0. The van der Waals surface area contributed by atoms with Gasteiger partial charge < -0.3 is 74.1 Å². The number of aliphatic hydroxyl groups excluding tert-OH is 1. The van der Waals surface area contributed by atoms with Crippen molar-refractivity contribution in [3.05, 3.63) is 160 Å². The number of benzene rings is 5. The smallest absolute Gasteiger partial charge is 0.248 e. The average Bonchev–Trinajstić information content (AvgIpc) is 1.14. The van der Waals surface area contributed by atoms with E-state index in [1.165, 1.54) is 98.9 Å². The zero-order valence-corrected chi connectivity index (χ0v) is 52.8. The van der Waals surface area contributed by atoms with Crippen molar-refractivity contribution in [1.29, 1.82) is 0 Å². The minimum Gasteiger partial charge on any atom is -0.508 e. The van der Waals surface area contributed by atoms with Crippen molar-refractivity contribution in [3.8, 4) is 11.5 Å². The van der Waals surface area contributed by atoms with Gasteiger partial charge in [-0.25, -0.2) is 8.42 Å². The van der Waals surface area contributed by atoms with Gasteiger partial charge in [-0.1, -0.05) is 99.9 Å². The molecule has 25 nitrogen and oxygen atoms in total. The highest BCUT2D eigenvalue weighted by atomic mass is 35.5.